The van der Waals surface area contributed by atoms with Gasteiger partial charge in [0, 0.05) is 12.4 Å². The minimum absolute atomic E-state index is 0.102. The number of rotatable bonds is 3. The largest absolute Gasteiger partial charge is 0.469 e. The highest BCUT2D eigenvalue weighted by Crippen LogP contribution is 2.12. The molecule has 1 atom stereocenters. The van der Waals surface area contributed by atoms with Crippen LogP contribution in [-0.4, -0.2) is 28.2 Å². The molecule has 5 heteroatoms. The maximum absolute atomic E-state index is 10.8. The molecular formula is C8H10N2O3. The van der Waals surface area contributed by atoms with Gasteiger partial charge in [-0.05, 0) is 0 Å². The Balaban J connectivity index is 2.59. The van der Waals surface area contributed by atoms with Crippen molar-refractivity contribution in [2.45, 2.75) is 12.5 Å². The highest BCUT2D eigenvalue weighted by atomic mass is 16.5. The van der Waals surface area contributed by atoms with E-state index in [0.29, 0.717) is 5.69 Å². The van der Waals surface area contributed by atoms with Crippen LogP contribution in [0.25, 0.3) is 0 Å². The van der Waals surface area contributed by atoms with Crippen molar-refractivity contribution in [1.29, 1.82) is 0 Å². The van der Waals surface area contributed by atoms with Crippen LogP contribution in [0.4, 0.5) is 0 Å². The highest BCUT2D eigenvalue weighted by molar-refractivity contribution is 5.69. The summed E-state index contributed by atoms with van der Waals surface area (Å²) >= 11 is 0. The summed E-state index contributed by atoms with van der Waals surface area (Å²) in [6, 6.07) is 0. The van der Waals surface area contributed by atoms with Gasteiger partial charge < -0.3 is 9.84 Å². The topological polar surface area (TPSA) is 72.3 Å². The molecule has 70 valence electrons. The Bertz CT molecular complexity index is 276. The zero-order chi connectivity index (χ0) is 9.68. The summed E-state index contributed by atoms with van der Waals surface area (Å²) in [4.78, 5) is 18.4. The van der Waals surface area contributed by atoms with E-state index in [4.69, 9.17) is 0 Å². The predicted molar refractivity (Wildman–Crippen MR) is 43.6 cm³/mol. The molecule has 0 aromatic carbocycles. The fourth-order valence-corrected chi connectivity index (χ4v) is 0.828. The molecule has 0 spiro atoms. The van der Waals surface area contributed by atoms with E-state index in [0.717, 1.165) is 0 Å². The van der Waals surface area contributed by atoms with Crippen LogP contribution in [0.5, 0.6) is 0 Å². The van der Waals surface area contributed by atoms with Gasteiger partial charge in [0.15, 0.2) is 0 Å². The fourth-order valence-electron chi connectivity index (χ4n) is 0.828. The molecule has 0 aliphatic heterocycles. The normalized spacial score (nSPS) is 12.2. The first-order chi connectivity index (χ1) is 6.24. The number of hydrogen-bond acceptors (Lipinski definition) is 5. The lowest BCUT2D eigenvalue weighted by atomic mass is 10.2. The van der Waals surface area contributed by atoms with Crippen molar-refractivity contribution in [1.82, 2.24) is 9.97 Å². The summed E-state index contributed by atoms with van der Waals surface area (Å²) in [7, 11) is 1.27. The van der Waals surface area contributed by atoms with E-state index in [9.17, 15) is 9.90 Å². The SMILES string of the molecule is COC(=O)C[C@H](O)c1cnccn1. The number of aliphatic hydroxyl groups excluding tert-OH is 1. The molecule has 1 rings (SSSR count). The Morgan fingerprint density at radius 3 is 3.00 bits per heavy atom. The first-order valence-corrected chi connectivity index (χ1v) is 3.75. The van der Waals surface area contributed by atoms with E-state index in [2.05, 4.69) is 14.7 Å². The van der Waals surface area contributed by atoms with Crippen LogP contribution in [0.2, 0.25) is 0 Å². The number of carbonyl (C=O) groups excluding carboxylic acids is 1. The molecule has 1 aromatic heterocycles. The van der Waals surface area contributed by atoms with E-state index < -0.39 is 12.1 Å². The van der Waals surface area contributed by atoms with Gasteiger partial charge in [-0.2, -0.15) is 0 Å². The lowest BCUT2D eigenvalue weighted by molar-refractivity contribution is -0.142. The van der Waals surface area contributed by atoms with Crippen LogP contribution in [-0.2, 0) is 9.53 Å². The van der Waals surface area contributed by atoms with Crippen LogP contribution >= 0.6 is 0 Å². The Morgan fingerprint density at radius 1 is 1.69 bits per heavy atom. The average molecular weight is 182 g/mol. The van der Waals surface area contributed by atoms with E-state index in [1.165, 1.54) is 25.7 Å². The van der Waals surface area contributed by atoms with Gasteiger partial charge in [0.2, 0.25) is 0 Å². The van der Waals surface area contributed by atoms with Gasteiger partial charge in [-0.25, -0.2) is 0 Å². The van der Waals surface area contributed by atoms with Crippen LogP contribution in [0.1, 0.15) is 18.2 Å². The number of esters is 1. The second-order valence-corrected chi connectivity index (χ2v) is 2.43. The minimum Gasteiger partial charge on any atom is -0.469 e. The summed E-state index contributed by atoms with van der Waals surface area (Å²) in [6.45, 7) is 0. The van der Waals surface area contributed by atoms with Crippen molar-refractivity contribution in [3.8, 4) is 0 Å². The summed E-state index contributed by atoms with van der Waals surface area (Å²) in [5.41, 5.74) is 0.368. The van der Waals surface area contributed by atoms with Crippen LogP contribution < -0.4 is 0 Å². The van der Waals surface area contributed by atoms with Crippen molar-refractivity contribution >= 4 is 5.97 Å². The molecule has 0 aliphatic rings. The summed E-state index contributed by atoms with van der Waals surface area (Å²) in [5, 5.41) is 9.42. The van der Waals surface area contributed by atoms with Crippen molar-refractivity contribution < 1.29 is 14.6 Å². The summed E-state index contributed by atoms with van der Waals surface area (Å²) in [5.74, 6) is -0.474. The Hall–Kier alpha value is -1.49. The second kappa shape index (κ2) is 4.51. The van der Waals surface area contributed by atoms with Crippen molar-refractivity contribution in [3.63, 3.8) is 0 Å². The van der Waals surface area contributed by atoms with E-state index in [-0.39, 0.29) is 6.42 Å². The lowest BCUT2D eigenvalue weighted by Crippen LogP contribution is -2.09. The molecule has 0 bridgehead atoms. The number of hydrogen-bond donors (Lipinski definition) is 1. The molecule has 1 N–H and O–H groups in total. The molecule has 0 saturated heterocycles. The third-order valence-corrected chi connectivity index (χ3v) is 1.51. The minimum atomic E-state index is -0.943. The number of aliphatic hydroxyl groups is 1. The Kier molecular flexibility index (Phi) is 3.33. The zero-order valence-corrected chi connectivity index (χ0v) is 7.17. The van der Waals surface area contributed by atoms with E-state index in [1.54, 1.807) is 0 Å². The Morgan fingerprint density at radius 2 is 2.46 bits per heavy atom. The summed E-state index contributed by atoms with van der Waals surface area (Å²) < 4.78 is 4.40. The van der Waals surface area contributed by atoms with Gasteiger partial charge in [-0.1, -0.05) is 0 Å². The summed E-state index contributed by atoms with van der Waals surface area (Å²) in [6.07, 6.45) is 3.31. The van der Waals surface area contributed by atoms with Crippen LogP contribution in [0.15, 0.2) is 18.6 Å². The molecule has 13 heavy (non-hydrogen) atoms. The quantitative estimate of drug-likeness (QED) is 0.670. The van der Waals surface area contributed by atoms with Crippen molar-refractivity contribution in [2.24, 2.45) is 0 Å². The molecule has 0 saturated carbocycles. The molecule has 0 unspecified atom stereocenters. The molecular weight excluding hydrogens is 172 g/mol. The second-order valence-electron chi connectivity index (χ2n) is 2.43. The van der Waals surface area contributed by atoms with Gasteiger partial charge in [0.05, 0.1) is 25.4 Å². The monoisotopic (exact) mass is 182 g/mol. The molecule has 1 aromatic rings. The molecule has 0 radical (unpaired) electrons. The Labute approximate surface area is 75.4 Å². The first-order valence-electron chi connectivity index (χ1n) is 3.75. The van der Waals surface area contributed by atoms with Crippen LogP contribution in [0, 0.1) is 0 Å². The molecule has 0 aliphatic carbocycles. The molecule has 1 heterocycles. The first kappa shape index (κ1) is 9.60. The average Bonchev–Trinajstić information content (AvgIpc) is 2.19. The molecule has 0 fully saturated rings. The molecule has 5 nitrogen and oxygen atoms in total. The van der Waals surface area contributed by atoms with Crippen molar-refractivity contribution in [3.05, 3.63) is 24.3 Å². The zero-order valence-electron chi connectivity index (χ0n) is 7.17. The number of methoxy groups -OCH3 is 1. The van der Waals surface area contributed by atoms with Gasteiger partial charge >= 0.3 is 5.97 Å². The predicted octanol–water partition coefficient (Wildman–Crippen LogP) is 0.0731. The lowest BCUT2D eigenvalue weighted by Gasteiger charge is -2.06. The third-order valence-electron chi connectivity index (χ3n) is 1.51. The highest BCUT2D eigenvalue weighted by Gasteiger charge is 2.13. The van der Waals surface area contributed by atoms with Gasteiger partial charge in [0.25, 0.3) is 0 Å². The van der Waals surface area contributed by atoms with Gasteiger partial charge in [0.1, 0.15) is 6.10 Å². The standard InChI is InChI=1S/C8H10N2O3/c1-13-8(12)4-7(11)6-5-9-2-3-10-6/h2-3,5,7,11H,4H2,1H3/t7-/m0/s1. The van der Waals surface area contributed by atoms with Crippen LogP contribution in [0.3, 0.4) is 0 Å². The van der Waals surface area contributed by atoms with Crippen molar-refractivity contribution in [2.75, 3.05) is 7.11 Å². The van der Waals surface area contributed by atoms with E-state index >= 15 is 0 Å². The molecule has 0 amide bonds. The van der Waals surface area contributed by atoms with E-state index in [1.807, 2.05) is 0 Å². The number of carbonyl (C=O) groups is 1. The number of aromatic nitrogens is 2. The van der Waals surface area contributed by atoms with Gasteiger partial charge in [-0.15, -0.1) is 0 Å². The maximum Gasteiger partial charge on any atom is 0.308 e. The number of nitrogens with zero attached hydrogens (tertiary/aromatic N) is 2. The van der Waals surface area contributed by atoms with Gasteiger partial charge in [-0.3, -0.25) is 14.8 Å². The maximum atomic E-state index is 10.8. The fraction of sp³-hybridized carbons (Fsp3) is 0.375. The third kappa shape index (κ3) is 2.79. The number of ether oxygens (including phenoxy) is 1. The smallest absolute Gasteiger partial charge is 0.308 e.